The molecule has 1 heteroatoms. The SMILES string of the molecule is C=C[C@H]1CC[C@H](c2ccc(-c3ccc(C(CC)OC)cc3)cc2)CC1. The molecular weight excluding hydrogens is 304 g/mol. The van der Waals surface area contributed by atoms with Gasteiger partial charge in [0.2, 0.25) is 0 Å². The fraction of sp³-hybridized carbons (Fsp3) is 0.417. The summed E-state index contributed by atoms with van der Waals surface area (Å²) in [5.41, 5.74) is 5.31. The van der Waals surface area contributed by atoms with Crippen LogP contribution in [0.25, 0.3) is 11.1 Å². The second-order valence-corrected chi connectivity index (χ2v) is 7.22. The van der Waals surface area contributed by atoms with Gasteiger partial charge in [-0.2, -0.15) is 0 Å². The zero-order valence-electron chi connectivity index (χ0n) is 15.6. The average molecular weight is 335 g/mol. The van der Waals surface area contributed by atoms with Gasteiger partial charge < -0.3 is 4.74 Å². The topological polar surface area (TPSA) is 9.23 Å². The van der Waals surface area contributed by atoms with Crippen LogP contribution in [-0.2, 0) is 4.74 Å². The van der Waals surface area contributed by atoms with Crippen molar-refractivity contribution in [1.29, 1.82) is 0 Å². The van der Waals surface area contributed by atoms with Crippen molar-refractivity contribution in [3.63, 3.8) is 0 Å². The zero-order valence-corrected chi connectivity index (χ0v) is 15.6. The largest absolute Gasteiger partial charge is 0.377 e. The van der Waals surface area contributed by atoms with E-state index in [1.165, 1.54) is 47.9 Å². The van der Waals surface area contributed by atoms with E-state index < -0.39 is 0 Å². The van der Waals surface area contributed by atoms with Crippen LogP contribution >= 0.6 is 0 Å². The van der Waals surface area contributed by atoms with Gasteiger partial charge in [-0.05, 0) is 66.2 Å². The molecule has 0 bridgehead atoms. The molecule has 132 valence electrons. The van der Waals surface area contributed by atoms with E-state index in [1.54, 1.807) is 7.11 Å². The van der Waals surface area contributed by atoms with Crippen LogP contribution in [0.15, 0.2) is 61.2 Å². The first kappa shape index (κ1) is 17.9. The van der Waals surface area contributed by atoms with Crippen molar-refractivity contribution in [3.8, 4) is 11.1 Å². The van der Waals surface area contributed by atoms with Gasteiger partial charge in [-0.1, -0.05) is 61.5 Å². The van der Waals surface area contributed by atoms with Crippen LogP contribution in [-0.4, -0.2) is 7.11 Å². The lowest BCUT2D eigenvalue weighted by Gasteiger charge is -2.27. The summed E-state index contributed by atoms with van der Waals surface area (Å²) in [6.07, 6.45) is 8.49. The van der Waals surface area contributed by atoms with Gasteiger partial charge >= 0.3 is 0 Å². The summed E-state index contributed by atoms with van der Waals surface area (Å²) in [4.78, 5) is 0. The Morgan fingerprint density at radius 1 is 0.960 bits per heavy atom. The molecule has 0 N–H and O–H groups in total. The van der Waals surface area contributed by atoms with Gasteiger partial charge in [0.1, 0.15) is 0 Å². The second-order valence-electron chi connectivity index (χ2n) is 7.22. The summed E-state index contributed by atoms with van der Waals surface area (Å²) in [6.45, 7) is 6.10. The molecule has 1 saturated carbocycles. The van der Waals surface area contributed by atoms with Crippen LogP contribution in [0.3, 0.4) is 0 Å². The van der Waals surface area contributed by atoms with E-state index in [9.17, 15) is 0 Å². The van der Waals surface area contributed by atoms with E-state index >= 15 is 0 Å². The third-order valence-electron chi connectivity index (χ3n) is 5.76. The molecule has 1 fully saturated rings. The molecule has 0 aromatic heterocycles. The minimum atomic E-state index is 0.196. The molecule has 0 spiro atoms. The monoisotopic (exact) mass is 334 g/mol. The fourth-order valence-electron chi connectivity index (χ4n) is 4.06. The average Bonchev–Trinajstić information content (AvgIpc) is 2.70. The summed E-state index contributed by atoms with van der Waals surface area (Å²) in [7, 11) is 1.78. The van der Waals surface area contributed by atoms with E-state index in [2.05, 4.69) is 68.1 Å². The first-order valence-electron chi connectivity index (χ1n) is 9.60. The first-order chi connectivity index (χ1) is 12.2. The molecule has 0 heterocycles. The van der Waals surface area contributed by atoms with Gasteiger partial charge in [-0.3, -0.25) is 0 Å². The number of rotatable bonds is 6. The third kappa shape index (κ3) is 4.22. The third-order valence-corrected chi connectivity index (χ3v) is 5.76. The lowest BCUT2D eigenvalue weighted by Crippen LogP contribution is -2.11. The van der Waals surface area contributed by atoms with Crippen molar-refractivity contribution in [2.24, 2.45) is 5.92 Å². The lowest BCUT2D eigenvalue weighted by molar-refractivity contribution is 0.100. The van der Waals surface area contributed by atoms with Crippen LogP contribution < -0.4 is 0 Å². The van der Waals surface area contributed by atoms with Gasteiger partial charge in [0.05, 0.1) is 6.10 Å². The van der Waals surface area contributed by atoms with Crippen LogP contribution in [0, 0.1) is 5.92 Å². The Kier molecular flexibility index (Phi) is 6.09. The van der Waals surface area contributed by atoms with Gasteiger partial charge in [0, 0.05) is 7.11 Å². The maximum atomic E-state index is 5.52. The van der Waals surface area contributed by atoms with Gasteiger partial charge in [-0.25, -0.2) is 0 Å². The van der Waals surface area contributed by atoms with Crippen molar-refractivity contribution in [2.75, 3.05) is 7.11 Å². The van der Waals surface area contributed by atoms with E-state index in [0.717, 1.165) is 18.3 Å². The Morgan fingerprint density at radius 3 is 2.00 bits per heavy atom. The van der Waals surface area contributed by atoms with Crippen molar-refractivity contribution >= 4 is 0 Å². The predicted molar refractivity (Wildman–Crippen MR) is 107 cm³/mol. The molecule has 1 unspecified atom stereocenters. The Balaban J connectivity index is 1.69. The number of allylic oxidation sites excluding steroid dienone is 1. The number of benzene rings is 2. The zero-order chi connectivity index (χ0) is 17.6. The summed E-state index contributed by atoms with van der Waals surface area (Å²) in [6, 6.07) is 18.0. The maximum absolute atomic E-state index is 5.52. The minimum absolute atomic E-state index is 0.196. The molecule has 1 aliphatic carbocycles. The molecule has 0 aliphatic heterocycles. The molecule has 1 aliphatic rings. The molecule has 1 atom stereocenters. The normalized spacial score (nSPS) is 21.7. The predicted octanol–water partition coefficient (Wildman–Crippen LogP) is 6.91. The molecule has 25 heavy (non-hydrogen) atoms. The minimum Gasteiger partial charge on any atom is -0.377 e. The molecular formula is C24H30O. The van der Waals surface area contributed by atoms with Crippen molar-refractivity contribution in [3.05, 3.63) is 72.3 Å². The molecule has 2 aromatic rings. The highest BCUT2D eigenvalue weighted by atomic mass is 16.5. The van der Waals surface area contributed by atoms with E-state index in [0.29, 0.717) is 0 Å². The lowest BCUT2D eigenvalue weighted by atomic mass is 9.78. The Morgan fingerprint density at radius 2 is 1.52 bits per heavy atom. The van der Waals surface area contributed by atoms with Crippen molar-refractivity contribution in [2.45, 2.75) is 51.0 Å². The summed E-state index contributed by atoms with van der Waals surface area (Å²) >= 11 is 0. The van der Waals surface area contributed by atoms with E-state index in [-0.39, 0.29) is 6.10 Å². The molecule has 1 nitrogen and oxygen atoms in total. The van der Waals surface area contributed by atoms with Crippen LogP contribution in [0.5, 0.6) is 0 Å². The Hall–Kier alpha value is -1.86. The smallest absolute Gasteiger partial charge is 0.0818 e. The Bertz CT molecular complexity index is 656. The molecule has 0 radical (unpaired) electrons. The van der Waals surface area contributed by atoms with Gasteiger partial charge in [0.25, 0.3) is 0 Å². The standard InChI is InChI=1S/C24H30O/c1-4-18-6-8-19(9-7-18)20-10-12-21(13-11-20)22-14-16-23(17-15-22)24(5-2)25-3/h4,10-19,24H,1,5-9H2,2-3H3/t18-,19-,24?. The quantitative estimate of drug-likeness (QED) is 0.521. The fourth-order valence-corrected chi connectivity index (χ4v) is 4.06. The number of hydrogen-bond donors (Lipinski definition) is 0. The van der Waals surface area contributed by atoms with Crippen LogP contribution in [0.2, 0.25) is 0 Å². The summed E-state index contributed by atoms with van der Waals surface area (Å²) < 4.78 is 5.52. The highest BCUT2D eigenvalue weighted by molar-refractivity contribution is 5.64. The molecule has 2 aromatic carbocycles. The van der Waals surface area contributed by atoms with Crippen molar-refractivity contribution < 1.29 is 4.74 Å². The highest BCUT2D eigenvalue weighted by Crippen LogP contribution is 2.36. The molecule has 3 rings (SSSR count). The number of methoxy groups -OCH3 is 1. The van der Waals surface area contributed by atoms with Crippen molar-refractivity contribution in [1.82, 2.24) is 0 Å². The second kappa shape index (κ2) is 8.49. The number of ether oxygens (including phenoxy) is 1. The molecule has 0 amide bonds. The van der Waals surface area contributed by atoms with Gasteiger partial charge in [-0.15, -0.1) is 6.58 Å². The Labute approximate surface area is 152 Å². The first-order valence-corrected chi connectivity index (χ1v) is 9.60. The van der Waals surface area contributed by atoms with E-state index in [4.69, 9.17) is 4.74 Å². The molecule has 0 saturated heterocycles. The number of hydrogen-bond acceptors (Lipinski definition) is 1. The maximum Gasteiger partial charge on any atom is 0.0818 e. The summed E-state index contributed by atoms with van der Waals surface area (Å²) in [5.74, 6) is 1.45. The highest BCUT2D eigenvalue weighted by Gasteiger charge is 2.20. The van der Waals surface area contributed by atoms with Crippen LogP contribution in [0.1, 0.15) is 62.2 Å². The summed E-state index contributed by atoms with van der Waals surface area (Å²) in [5, 5.41) is 0. The van der Waals surface area contributed by atoms with E-state index in [1.807, 2.05) is 0 Å². The van der Waals surface area contributed by atoms with Gasteiger partial charge in [0.15, 0.2) is 0 Å². The van der Waals surface area contributed by atoms with Crippen LogP contribution in [0.4, 0.5) is 0 Å².